The first kappa shape index (κ1) is 35.3. The molecule has 4 aromatic carbocycles. The van der Waals surface area contributed by atoms with Crippen LogP contribution in [0.2, 0.25) is 0 Å². The summed E-state index contributed by atoms with van der Waals surface area (Å²) >= 11 is 0. The second kappa shape index (κ2) is 12.5. The molecule has 5 nitrogen and oxygen atoms in total. The van der Waals surface area contributed by atoms with Gasteiger partial charge < -0.3 is 4.74 Å². The van der Waals surface area contributed by atoms with E-state index >= 15 is 0 Å². The van der Waals surface area contributed by atoms with Gasteiger partial charge in [-0.15, -0.1) is 0 Å². The van der Waals surface area contributed by atoms with Gasteiger partial charge in [0.1, 0.15) is 17.3 Å². The summed E-state index contributed by atoms with van der Waals surface area (Å²) in [6.07, 6.45) is 1.92. The Morgan fingerprint density at radius 1 is 0.558 bits per heavy atom. The van der Waals surface area contributed by atoms with Crippen LogP contribution >= 0.6 is 0 Å². The van der Waals surface area contributed by atoms with Crippen LogP contribution in [-0.2, 0) is 16.2 Å². The Morgan fingerprint density at radius 2 is 1.23 bits per heavy atom. The number of para-hydroxylation sites is 1. The molecule has 3 heterocycles. The van der Waals surface area contributed by atoms with Crippen LogP contribution in [0.25, 0.3) is 44.4 Å². The zero-order valence-corrected chi connectivity index (χ0v) is 32.9. The molecule has 0 radical (unpaired) electrons. The molecule has 0 saturated carbocycles. The van der Waals surface area contributed by atoms with E-state index in [0.717, 1.165) is 45.1 Å². The Balaban J connectivity index is 1.40. The topological polar surface area (TPSA) is 44.9 Å². The molecular formula is C47H52N4O. The summed E-state index contributed by atoms with van der Waals surface area (Å²) in [6, 6.07) is 32.4. The van der Waals surface area contributed by atoms with E-state index < -0.39 is 0 Å². The van der Waals surface area contributed by atoms with Crippen molar-refractivity contribution in [1.29, 1.82) is 0 Å². The van der Waals surface area contributed by atoms with Gasteiger partial charge in [0.25, 0.3) is 0 Å². The fraction of sp³-hybridized carbons (Fsp3) is 0.319. The zero-order chi connectivity index (χ0) is 37.3. The van der Waals surface area contributed by atoms with E-state index in [9.17, 15) is 0 Å². The van der Waals surface area contributed by atoms with Gasteiger partial charge in [-0.1, -0.05) is 98.7 Å². The number of nitrogens with zero attached hydrogens (tertiary/aromatic N) is 4. The van der Waals surface area contributed by atoms with Crippen LogP contribution in [0.5, 0.6) is 11.5 Å². The van der Waals surface area contributed by atoms with Crippen molar-refractivity contribution < 1.29 is 4.74 Å². The molecule has 0 unspecified atom stereocenters. The average molecular weight is 689 g/mol. The van der Waals surface area contributed by atoms with Crippen LogP contribution in [0, 0.1) is 20.8 Å². The molecule has 266 valence electrons. The van der Waals surface area contributed by atoms with E-state index in [-0.39, 0.29) is 16.2 Å². The molecule has 0 aliphatic rings. The van der Waals surface area contributed by atoms with Crippen LogP contribution < -0.4 is 4.74 Å². The first-order valence-electron chi connectivity index (χ1n) is 18.4. The molecule has 3 aromatic heterocycles. The Morgan fingerprint density at radius 3 is 1.90 bits per heavy atom. The first-order chi connectivity index (χ1) is 24.4. The summed E-state index contributed by atoms with van der Waals surface area (Å²) in [5, 5.41) is 7.61. The minimum Gasteiger partial charge on any atom is -0.457 e. The highest BCUT2D eigenvalue weighted by Gasteiger charge is 2.30. The second-order valence-corrected chi connectivity index (χ2v) is 17.5. The maximum absolute atomic E-state index is 6.86. The number of fused-ring (bicyclic) bond motifs is 3. The number of pyridine rings is 1. The quantitative estimate of drug-likeness (QED) is 0.181. The maximum Gasteiger partial charge on any atom is 0.137 e. The number of ether oxygens (including phenoxy) is 1. The van der Waals surface area contributed by atoms with Crippen LogP contribution in [0.15, 0.2) is 97.2 Å². The third-order valence-electron chi connectivity index (χ3n) is 10.2. The Labute approximate surface area is 309 Å². The van der Waals surface area contributed by atoms with Crippen molar-refractivity contribution in [3.05, 3.63) is 131 Å². The summed E-state index contributed by atoms with van der Waals surface area (Å²) < 4.78 is 11.3. The third-order valence-corrected chi connectivity index (χ3v) is 10.2. The third kappa shape index (κ3) is 6.31. The van der Waals surface area contributed by atoms with Gasteiger partial charge in [0.15, 0.2) is 0 Å². The minimum atomic E-state index is -0.180. The molecule has 0 aliphatic carbocycles. The monoisotopic (exact) mass is 688 g/mol. The van der Waals surface area contributed by atoms with E-state index in [1.54, 1.807) is 0 Å². The largest absolute Gasteiger partial charge is 0.457 e. The summed E-state index contributed by atoms with van der Waals surface area (Å²) in [5.41, 5.74) is 12.5. The molecule has 0 atom stereocenters. The average Bonchev–Trinajstić information content (AvgIpc) is 3.58. The van der Waals surface area contributed by atoms with Crippen LogP contribution in [-0.4, -0.2) is 19.3 Å². The summed E-state index contributed by atoms with van der Waals surface area (Å²) in [7, 11) is 0. The highest BCUT2D eigenvalue weighted by Crippen LogP contribution is 2.42. The Kier molecular flexibility index (Phi) is 8.48. The molecule has 52 heavy (non-hydrogen) atoms. The molecule has 0 aliphatic heterocycles. The number of benzene rings is 4. The van der Waals surface area contributed by atoms with Crippen molar-refractivity contribution in [2.45, 2.75) is 99.3 Å². The van der Waals surface area contributed by atoms with Crippen molar-refractivity contribution in [2.75, 3.05) is 0 Å². The fourth-order valence-corrected chi connectivity index (χ4v) is 7.52. The molecule has 7 aromatic rings. The molecule has 0 amide bonds. The highest BCUT2D eigenvalue weighted by molar-refractivity contribution is 6.09. The number of aryl methyl sites for hydroxylation is 3. The zero-order valence-electron chi connectivity index (χ0n) is 32.9. The van der Waals surface area contributed by atoms with Crippen molar-refractivity contribution in [1.82, 2.24) is 19.3 Å². The smallest absolute Gasteiger partial charge is 0.137 e. The molecular weight excluding hydrogens is 637 g/mol. The standard InChI is InChI=1S/C47H52N4O/c1-29-16-15-17-30(2)42(29)43-31(3)49-51(44(43)47(10,11)12)34-24-33(46(7,8)9)25-36(27-34)52-35-20-21-38-37-18-13-14-19-39(37)50(40(38)28-35)41-26-32(22-23-48-41)45(4,5)6/h13-28H,1-12H3. The fourth-order valence-electron chi connectivity index (χ4n) is 7.52. The molecule has 0 bridgehead atoms. The normalized spacial score (nSPS) is 12.6. The van der Waals surface area contributed by atoms with E-state index in [2.05, 4.69) is 183 Å². The van der Waals surface area contributed by atoms with Crippen LogP contribution in [0.3, 0.4) is 0 Å². The van der Waals surface area contributed by atoms with Gasteiger partial charge >= 0.3 is 0 Å². The van der Waals surface area contributed by atoms with Crippen molar-refractivity contribution >= 4 is 21.8 Å². The highest BCUT2D eigenvalue weighted by atomic mass is 16.5. The molecule has 0 fully saturated rings. The van der Waals surface area contributed by atoms with Crippen molar-refractivity contribution in [2.24, 2.45) is 0 Å². The summed E-state index contributed by atoms with van der Waals surface area (Å²) in [6.45, 7) is 26.8. The minimum absolute atomic E-state index is 0.0000107. The lowest BCUT2D eigenvalue weighted by Gasteiger charge is -2.26. The van der Waals surface area contributed by atoms with Gasteiger partial charge in [-0.2, -0.15) is 5.10 Å². The van der Waals surface area contributed by atoms with E-state index in [1.807, 2.05) is 6.20 Å². The number of rotatable bonds is 5. The van der Waals surface area contributed by atoms with Gasteiger partial charge in [-0.3, -0.25) is 4.57 Å². The lowest BCUT2D eigenvalue weighted by molar-refractivity contribution is 0.477. The van der Waals surface area contributed by atoms with Gasteiger partial charge in [0.2, 0.25) is 0 Å². The van der Waals surface area contributed by atoms with E-state index in [0.29, 0.717) is 0 Å². The van der Waals surface area contributed by atoms with Gasteiger partial charge in [-0.05, 0) is 102 Å². The second-order valence-electron chi connectivity index (χ2n) is 17.5. The first-order valence-corrected chi connectivity index (χ1v) is 18.4. The van der Waals surface area contributed by atoms with E-state index in [1.165, 1.54) is 44.5 Å². The molecule has 0 spiro atoms. The Hall–Kier alpha value is -5.16. The lowest BCUT2D eigenvalue weighted by Crippen LogP contribution is -2.19. The van der Waals surface area contributed by atoms with Crippen molar-refractivity contribution in [3.63, 3.8) is 0 Å². The molecule has 5 heteroatoms. The molecule has 0 N–H and O–H groups in total. The molecule has 0 saturated heterocycles. The SMILES string of the molecule is Cc1cccc(C)c1-c1c(C)nn(-c2cc(Oc3ccc4c5ccccc5n(-c5cc(C(C)(C)C)ccn5)c4c3)cc(C(C)(C)C)c2)c1C(C)(C)C. The van der Waals surface area contributed by atoms with E-state index in [4.69, 9.17) is 14.8 Å². The van der Waals surface area contributed by atoms with Gasteiger partial charge in [0.05, 0.1) is 28.1 Å². The summed E-state index contributed by atoms with van der Waals surface area (Å²) in [4.78, 5) is 4.88. The van der Waals surface area contributed by atoms with Gasteiger partial charge in [0, 0.05) is 40.1 Å². The van der Waals surface area contributed by atoms with Crippen LogP contribution in [0.1, 0.15) is 96.0 Å². The van der Waals surface area contributed by atoms with Gasteiger partial charge in [-0.25, -0.2) is 9.67 Å². The predicted molar refractivity (Wildman–Crippen MR) is 218 cm³/mol. The number of hydrogen-bond donors (Lipinski definition) is 0. The maximum atomic E-state index is 6.86. The van der Waals surface area contributed by atoms with Crippen molar-refractivity contribution in [3.8, 4) is 34.1 Å². The number of hydrogen-bond acceptors (Lipinski definition) is 3. The lowest BCUT2D eigenvalue weighted by atomic mass is 9.83. The number of aromatic nitrogens is 4. The Bertz CT molecular complexity index is 2450. The van der Waals surface area contributed by atoms with Crippen LogP contribution in [0.4, 0.5) is 0 Å². The predicted octanol–water partition coefficient (Wildman–Crippen LogP) is 12.6. The molecule has 7 rings (SSSR count). The summed E-state index contributed by atoms with van der Waals surface area (Å²) in [5.74, 6) is 2.44.